The Morgan fingerprint density at radius 1 is 1.31 bits per heavy atom. The lowest BCUT2D eigenvalue weighted by molar-refractivity contribution is -0.137. The van der Waals surface area contributed by atoms with Gasteiger partial charge in [0.2, 0.25) is 5.91 Å². The van der Waals surface area contributed by atoms with Gasteiger partial charge in [-0.25, -0.2) is 0 Å². The number of aromatic nitrogens is 3. The Kier molecular flexibility index (Phi) is 6.62. The number of halogens is 3. The molecule has 3 aromatic rings. The Balaban J connectivity index is 1.48. The molecule has 0 radical (unpaired) electrons. The number of thiophene rings is 1. The predicted octanol–water partition coefficient (Wildman–Crippen LogP) is 5.90. The molecule has 1 aliphatic rings. The van der Waals surface area contributed by atoms with Crippen molar-refractivity contribution in [1.82, 2.24) is 14.8 Å². The summed E-state index contributed by atoms with van der Waals surface area (Å²) in [5.74, 6) is 0.875. The molecule has 0 bridgehead atoms. The second-order valence-corrected chi connectivity index (χ2v) is 9.74. The maximum atomic E-state index is 13.1. The first-order valence-corrected chi connectivity index (χ1v) is 12.3. The summed E-state index contributed by atoms with van der Waals surface area (Å²) in [5, 5.41) is 13.7. The highest BCUT2D eigenvalue weighted by Gasteiger charge is 2.33. The number of carbonyl (C=O) groups excluding carboxylic acids is 1. The van der Waals surface area contributed by atoms with Gasteiger partial charge in [-0.1, -0.05) is 30.8 Å². The SMILES string of the molecule is CCn1c(SCC(=O)Nc2ccccc2C(F)(F)F)nnc1-c1csc2c1CCC(C)C2. The molecule has 10 heteroatoms. The second kappa shape index (κ2) is 9.27. The smallest absolute Gasteiger partial charge is 0.325 e. The maximum absolute atomic E-state index is 13.1. The van der Waals surface area contributed by atoms with E-state index in [2.05, 4.69) is 27.8 Å². The Labute approximate surface area is 192 Å². The van der Waals surface area contributed by atoms with Gasteiger partial charge in [-0.2, -0.15) is 13.2 Å². The lowest BCUT2D eigenvalue weighted by Gasteiger charge is -2.19. The minimum absolute atomic E-state index is 0.0659. The van der Waals surface area contributed by atoms with Gasteiger partial charge in [0.05, 0.1) is 17.0 Å². The zero-order valence-electron chi connectivity index (χ0n) is 17.7. The molecule has 0 saturated heterocycles. The van der Waals surface area contributed by atoms with Crippen LogP contribution in [0, 0.1) is 5.92 Å². The fourth-order valence-electron chi connectivity index (χ4n) is 3.90. The summed E-state index contributed by atoms with van der Waals surface area (Å²) in [6.45, 7) is 4.88. The van der Waals surface area contributed by atoms with Crippen LogP contribution in [-0.2, 0) is 30.4 Å². The number of hydrogen-bond donors (Lipinski definition) is 1. The monoisotopic (exact) mass is 480 g/mol. The Hall–Kier alpha value is -2.33. The number of benzene rings is 1. The molecule has 170 valence electrons. The highest BCUT2D eigenvalue weighted by atomic mass is 32.2. The van der Waals surface area contributed by atoms with Crippen molar-refractivity contribution in [3.8, 4) is 11.4 Å². The molecule has 1 aromatic carbocycles. The number of rotatable bonds is 6. The Bertz CT molecular complexity index is 1120. The molecule has 2 heterocycles. The fourth-order valence-corrected chi connectivity index (χ4v) is 5.95. The van der Waals surface area contributed by atoms with Crippen molar-refractivity contribution in [2.75, 3.05) is 11.1 Å². The van der Waals surface area contributed by atoms with Crippen LogP contribution >= 0.6 is 23.1 Å². The van der Waals surface area contributed by atoms with Gasteiger partial charge in [0.25, 0.3) is 0 Å². The van der Waals surface area contributed by atoms with Crippen molar-refractivity contribution in [2.24, 2.45) is 5.92 Å². The van der Waals surface area contributed by atoms with Crippen LogP contribution in [0.25, 0.3) is 11.4 Å². The van der Waals surface area contributed by atoms with Crippen LogP contribution in [0.3, 0.4) is 0 Å². The van der Waals surface area contributed by atoms with Crippen LogP contribution in [0.4, 0.5) is 18.9 Å². The van der Waals surface area contributed by atoms with Crippen LogP contribution in [0.5, 0.6) is 0 Å². The third-order valence-electron chi connectivity index (χ3n) is 5.51. The molecule has 0 fully saturated rings. The van der Waals surface area contributed by atoms with Crippen LogP contribution < -0.4 is 5.32 Å². The average Bonchev–Trinajstić information content (AvgIpc) is 3.34. The molecule has 5 nitrogen and oxygen atoms in total. The molecule has 2 aromatic heterocycles. The Morgan fingerprint density at radius 3 is 2.84 bits per heavy atom. The van der Waals surface area contributed by atoms with E-state index < -0.39 is 17.6 Å². The lowest BCUT2D eigenvalue weighted by Crippen LogP contribution is -2.18. The lowest BCUT2D eigenvalue weighted by atomic mass is 9.88. The predicted molar refractivity (Wildman–Crippen MR) is 121 cm³/mol. The molecule has 0 saturated carbocycles. The molecule has 0 aliphatic heterocycles. The van der Waals surface area contributed by atoms with Crippen molar-refractivity contribution in [2.45, 2.75) is 51.0 Å². The number of para-hydroxylation sites is 1. The highest BCUT2D eigenvalue weighted by molar-refractivity contribution is 7.99. The third kappa shape index (κ3) is 4.71. The number of carbonyl (C=O) groups is 1. The zero-order valence-corrected chi connectivity index (χ0v) is 19.3. The number of nitrogens with zero attached hydrogens (tertiary/aromatic N) is 3. The normalized spacial score (nSPS) is 16.1. The first-order valence-electron chi connectivity index (χ1n) is 10.4. The summed E-state index contributed by atoms with van der Waals surface area (Å²) in [7, 11) is 0. The first kappa shape index (κ1) is 22.8. The number of nitrogens with one attached hydrogen (secondary N) is 1. The highest BCUT2D eigenvalue weighted by Crippen LogP contribution is 2.38. The summed E-state index contributed by atoms with van der Waals surface area (Å²) in [6.07, 6.45) is -1.28. The van der Waals surface area contributed by atoms with Crippen LogP contribution in [0.15, 0.2) is 34.8 Å². The number of amides is 1. The van der Waals surface area contributed by atoms with Crippen LogP contribution in [0.1, 0.15) is 36.3 Å². The molecule has 1 amide bonds. The summed E-state index contributed by atoms with van der Waals surface area (Å²) in [5.41, 5.74) is 1.33. The fraction of sp³-hybridized carbons (Fsp3) is 0.409. The zero-order chi connectivity index (χ0) is 22.9. The van der Waals surface area contributed by atoms with E-state index in [0.29, 0.717) is 17.6 Å². The quantitative estimate of drug-likeness (QED) is 0.446. The molecular formula is C22H23F3N4OS2. The van der Waals surface area contributed by atoms with Gasteiger partial charge in [0.15, 0.2) is 11.0 Å². The number of thioether (sulfide) groups is 1. The van der Waals surface area contributed by atoms with Gasteiger partial charge in [0, 0.05) is 22.4 Å². The molecule has 1 atom stereocenters. The van der Waals surface area contributed by atoms with E-state index in [0.717, 1.165) is 36.7 Å². The minimum Gasteiger partial charge on any atom is -0.325 e. The van der Waals surface area contributed by atoms with Gasteiger partial charge in [-0.05, 0) is 49.8 Å². The van der Waals surface area contributed by atoms with E-state index in [1.165, 1.54) is 40.4 Å². The van der Waals surface area contributed by atoms with Gasteiger partial charge >= 0.3 is 6.18 Å². The van der Waals surface area contributed by atoms with Gasteiger partial charge in [-0.3, -0.25) is 4.79 Å². The van der Waals surface area contributed by atoms with E-state index in [1.807, 2.05) is 11.5 Å². The summed E-state index contributed by atoms with van der Waals surface area (Å²) >= 11 is 2.93. The minimum atomic E-state index is -4.54. The van der Waals surface area contributed by atoms with Crippen molar-refractivity contribution in [3.05, 3.63) is 45.6 Å². The third-order valence-corrected chi connectivity index (χ3v) is 7.53. The average molecular weight is 481 g/mol. The molecular weight excluding hydrogens is 457 g/mol. The number of alkyl halides is 3. The summed E-state index contributed by atoms with van der Waals surface area (Å²) < 4.78 is 41.4. The van der Waals surface area contributed by atoms with Crippen molar-refractivity contribution in [1.29, 1.82) is 0 Å². The van der Waals surface area contributed by atoms with Gasteiger partial charge < -0.3 is 9.88 Å². The molecule has 4 rings (SSSR count). The molecule has 0 spiro atoms. The van der Waals surface area contributed by atoms with Gasteiger partial charge in [-0.15, -0.1) is 21.5 Å². The van der Waals surface area contributed by atoms with E-state index in [1.54, 1.807) is 11.3 Å². The number of fused-ring (bicyclic) bond motifs is 1. The van der Waals surface area contributed by atoms with Crippen LogP contribution in [-0.4, -0.2) is 26.4 Å². The largest absolute Gasteiger partial charge is 0.418 e. The van der Waals surface area contributed by atoms with E-state index in [9.17, 15) is 18.0 Å². The Morgan fingerprint density at radius 2 is 2.09 bits per heavy atom. The number of anilines is 1. The standard InChI is InChI=1S/C22H23F3N4OS2/c1-3-29-20(15-11-31-18-10-13(2)8-9-14(15)18)27-28-21(29)32-12-19(30)26-17-7-5-4-6-16(17)22(23,24)25/h4-7,11,13H,3,8-10,12H2,1-2H3,(H,26,30). The number of hydrogen-bond acceptors (Lipinski definition) is 5. The maximum Gasteiger partial charge on any atom is 0.418 e. The van der Waals surface area contributed by atoms with Crippen molar-refractivity contribution >= 4 is 34.7 Å². The topological polar surface area (TPSA) is 59.8 Å². The van der Waals surface area contributed by atoms with E-state index in [-0.39, 0.29) is 11.4 Å². The molecule has 1 aliphatic carbocycles. The van der Waals surface area contributed by atoms with Gasteiger partial charge in [0.1, 0.15) is 0 Å². The van der Waals surface area contributed by atoms with Crippen LogP contribution in [0.2, 0.25) is 0 Å². The molecule has 1 unspecified atom stereocenters. The second-order valence-electron chi connectivity index (χ2n) is 7.83. The van der Waals surface area contributed by atoms with E-state index >= 15 is 0 Å². The van der Waals surface area contributed by atoms with Crippen molar-refractivity contribution < 1.29 is 18.0 Å². The molecule has 32 heavy (non-hydrogen) atoms. The van der Waals surface area contributed by atoms with E-state index in [4.69, 9.17) is 0 Å². The van der Waals surface area contributed by atoms with Crippen molar-refractivity contribution in [3.63, 3.8) is 0 Å². The summed E-state index contributed by atoms with van der Waals surface area (Å²) in [4.78, 5) is 13.8. The summed E-state index contributed by atoms with van der Waals surface area (Å²) in [6, 6.07) is 4.95. The first-order chi connectivity index (χ1) is 15.3. The molecule has 1 N–H and O–H groups in total.